The molecule has 27 heavy (non-hydrogen) atoms. The maximum absolute atomic E-state index is 5.97. The van der Waals surface area contributed by atoms with E-state index in [0.29, 0.717) is 16.8 Å². The second-order valence-electron chi connectivity index (χ2n) is 6.41. The molecule has 1 aliphatic rings. The van der Waals surface area contributed by atoms with Gasteiger partial charge in [-0.05, 0) is 24.3 Å². The molecule has 1 aliphatic heterocycles. The Kier molecular flexibility index (Phi) is 5.38. The van der Waals surface area contributed by atoms with Crippen molar-refractivity contribution in [2.45, 2.75) is 0 Å². The van der Waals surface area contributed by atoms with Crippen LogP contribution in [0.25, 0.3) is 11.0 Å². The van der Waals surface area contributed by atoms with Crippen LogP contribution >= 0.6 is 11.6 Å². The molecule has 2 aromatic heterocycles. The van der Waals surface area contributed by atoms with Gasteiger partial charge in [-0.2, -0.15) is 15.1 Å². The van der Waals surface area contributed by atoms with Gasteiger partial charge in [-0.15, -0.1) is 0 Å². The number of aromatic nitrogens is 4. The first-order valence-corrected chi connectivity index (χ1v) is 9.33. The van der Waals surface area contributed by atoms with E-state index in [9.17, 15) is 0 Å². The topological polar surface area (TPSA) is 80.1 Å². The van der Waals surface area contributed by atoms with E-state index in [-0.39, 0.29) is 0 Å². The van der Waals surface area contributed by atoms with Gasteiger partial charge in [-0.25, -0.2) is 0 Å². The van der Waals surface area contributed by atoms with Gasteiger partial charge in [0, 0.05) is 43.9 Å². The van der Waals surface area contributed by atoms with Crippen molar-refractivity contribution < 1.29 is 4.74 Å². The second-order valence-corrected chi connectivity index (χ2v) is 6.85. The first-order chi connectivity index (χ1) is 13.2. The van der Waals surface area contributed by atoms with Crippen molar-refractivity contribution in [1.82, 2.24) is 24.6 Å². The third-order valence-corrected chi connectivity index (χ3v) is 4.77. The zero-order chi connectivity index (χ0) is 18.6. The van der Waals surface area contributed by atoms with Crippen molar-refractivity contribution in [2.24, 2.45) is 7.05 Å². The first-order valence-electron chi connectivity index (χ1n) is 8.95. The molecule has 0 saturated carbocycles. The molecular weight excluding hydrogens is 366 g/mol. The standard InChI is InChI=1S/C18H22ClN7O/c1-25-17-15(12-21-25)16(22-14-4-2-13(19)3-5-14)23-18(24-17)20-6-7-26-8-10-27-11-9-26/h2-5,12H,6-11H2,1H3,(H2,20,22,23,24). The van der Waals surface area contributed by atoms with Gasteiger partial charge < -0.3 is 15.4 Å². The number of benzene rings is 1. The summed E-state index contributed by atoms with van der Waals surface area (Å²) in [7, 11) is 1.87. The van der Waals surface area contributed by atoms with E-state index in [2.05, 4.69) is 30.6 Å². The molecule has 0 aliphatic carbocycles. The van der Waals surface area contributed by atoms with Crippen LogP contribution in [0.2, 0.25) is 5.02 Å². The average Bonchev–Trinajstić information content (AvgIpc) is 3.06. The predicted molar refractivity (Wildman–Crippen MR) is 107 cm³/mol. The Hall–Kier alpha value is -2.42. The van der Waals surface area contributed by atoms with E-state index in [0.717, 1.165) is 56.1 Å². The minimum absolute atomic E-state index is 0.579. The molecule has 2 N–H and O–H groups in total. The van der Waals surface area contributed by atoms with Crippen LogP contribution in [0.4, 0.5) is 17.5 Å². The van der Waals surface area contributed by atoms with Crippen molar-refractivity contribution in [1.29, 1.82) is 0 Å². The number of fused-ring (bicyclic) bond motifs is 1. The van der Waals surface area contributed by atoms with Gasteiger partial charge in [0.1, 0.15) is 5.82 Å². The minimum atomic E-state index is 0.579. The Bertz CT molecular complexity index is 906. The molecule has 0 atom stereocenters. The SMILES string of the molecule is Cn1ncc2c(Nc3ccc(Cl)cc3)nc(NCCN3CCOCC3)nc21. The van der Waals surface area contributed by atoms with Crippen LogP contribution < -0.4 is 10.6 Å². The molecule has 3 heterocycles. The number of anilines is 3. The summed E-state index contributed by atoms with van der Waals surface area (Å²) in [5, 5.41) is 12.5. The highest BCUT2D eigenvalue weighted by atomic mass is 35.5. The normalized spacial score (nSPS) is 15.2. The summed E-state index contributed by atoms with van der Waals surface area (Å²) in [6.45, 7) is 5.22. The summed E-state index contributed by atoms with van der Waals surface area (Å²) in [6, 6.07) is 7.51. The van der Waals surface area contributed by atoms with Crippen LogP contribution in [-0.4, -0.2) is 64.0 Å². The van der Waals surface area contributed by atoms with Crippen molar-refractivity contribution >= 4 is 40.1 Å². The molecule has 0 bridgehead atoms. The molecule has 8 nitrogen and oxygen atoms in total. The Labute approximate surface area is 162 Å². The summed E-state index contributed by atoms with van der Waals surface area (Å²) >= 11 is 5.97. The predicted octanol–water partition coefficient (Wildman–Crippen LogP) is 2.50. The van der Waals surface area contributed by atoms with Crippen LogP contribution in [0.3, 0.4) is 0 Å². The fraction of sp³-hybridized carbons (Fsp3) is 0.389. The smallest absolute Gasteiger partial charge is 0.226 e. The molecule has 0 amide bonds. The fourth-order valence-electron chi connectivity index (χ4n) is 3.02. The third-order valence-electron chi connectivity index (χ3n) is 4.51. The summed E-state index contributed by atoms with van der Waals surface area (Å²) in [5.41, 5.74) is 1.68. The van der Waals surface area contributed by atoms with Gasteiger partial charge in [0.2, 0.25) is 5.95 Å². The maximum Gasteiger partial charge on any atom is 0.226 e. The Morgan fingerprint density at radius 1 is 1.15 bits per heavy atom. The van der Waals surface area contributed by atoms with Crippen molar-refractivity contribution in [2.75, 3.05) is 50.0 Å². The van der Waals surface area contributed by atoms with E-state index in [4.69, 9.17) is 16.3 Å². The van der Waals surface area contributed by atoms with E-state index in [1.807, 2.05) is 31.3 Å². The van der Waals surface area contributed by atoms with Gasteiger partial charge in [0.05, 0.1) is 24.8 Å². The highest BCUT2D eigenvalue weighted by Crippen LogP contribution is 2.25. The zero-order valence-electron chi connectivity index (χ0n) is 15.2. The number of hydrogen-bond acceptors (Lipinski definition) is 7. The Morgan fingerprint density at radius 2 is 1.93 bits per heavy atom. The van der Waals surface area contributed by atoms with Gasteiger partial charge in [-0.1, -0.05) is 11.6 Å². The molecule has 0 radical (unpaired) electrons. The molecule has 4 rings (SSSR count). The number of halogens is 1. The largest absolute Gasteiger partial charge is 0.379 e. The quantitative estimate of drug-likeness (QED) is 0.672. The lowest BCUT2D eigenvalue weighted by Gasteiger charge is -2.26. The third kappa shape index (κ3) is 4.29. The highest BCUT2D eigenvalue weighted by Gasteiger charge is 2.13. The summed E-state index contributed by atoms with van der Waals surface area (Å²) in [6.07, 6.45) is 1.77. The summed E-state index contributed by atoms with van der Waals surface area (Å²) in [5.74, 6) is 1.29. The van der Waals surface area contributed by atoms with E-state index in [1.165, 1.54) is 0 Å². The van der Waals surface area contributed by atoms with Gasteiger partial charge >= 0.3 is 0 Å². The molecule has 1 saturated heterocycles. The average molecular weight is 388 g/mol. The number of hydrogen-bond donors (Lipinski definition) is 2. The zero-order valence-corrected chi connectivity index (χ0v) is 15.9. The van der Waals surface area contributed by atoms with Gasteiger partial charge in [0.25, 0.3) is 0 Å². The summed E-state index contributed by atoms with van der Waals surface area (Å²) in [4.78, 5) is 11.6. The Balaban J connectivity index is 1.52. The second kappa shape index (κ2) is 8.08. The van der Waals surface area contributed by atoms with Gasteiger partial charge in [-0.3, -0.25) is 9.58 Å². The van der Waals surface area contributed by atoms with E-state index >= 15 is 0 Å². The molecule has 1 fully saturated rings. The first kappa shape index (κ1) is 18.0. The van der Waals surface area contributed by atoms with Crippen LogP contribution in [0.5, 0.6) is 0 Å². The number of rotatable bonds is 6. The maximum atomic E-state index is 5.97. The minimum Gasteiger partial charge on any atom is -0.379 e. The molecule has 9 heteroatoms. The van der Waals surface area contributed by atoms with Crippen molar-refractivity contribution in [3.63, 3.8) is 0 Å². The molecule has 142 valence electrons. The van der Waals surface area contributed by atoms with Gasteiger partial charge in [0.15, 0.2) is 5.65 Å². The molecular formula is C18H22ClN7O. The highest BCUT2D eigenvalue weighted by molar-refractivity contribution is 6.30. The lowest BCUT2D eigenvalue weighted by atomic mass is 10.3. The van der Waals surface area contributed by atoms with Crippen molar-refractivity contribution in [3.05, 3.63) is 35.5 Å². The summed E-state index contributed by atoms with van der Waals surface area (Å²) < 4.78 is 7.13. The number of aryl methyl sites for hydroxylation is 1. The lowest BCUT2D eigenvalue weighted by Crippen LogP contribution is -2.39. The monoisotopic (exact) mass is 387 g/mol. The van der Waals surface area contributed by atoms with E-state index in [1.54, 1.807) is 10.9 Å². The number of ether oxygens (including phenoxy) is 1. The van der Waals surface area contributed by atoms with Crippen LogP contribution in [0.1, 0.15) is 0 Å². The number of nitrogens with zero attached hydrogens (tertiary/aromatic N) is 5. The molecule has 1 aromatic carbocycles. The molecule has 0 spiro atoms. The van der Waals surface area contributed by atoms with E-state index < -0.39 is 0 Å². The molecule has 3 aromatic rings. The number of morpholine rings is 1. The van der Waals surface area contributed by atoms with Crippen LogP contribution in [0.15, 0.2) is 30.5 Å². The molecule has 0 unspecified atom stereocenters. The van der Waals surface area contributed by atoms with Crippen LogP contribution in [0, 0.1) is 0 Å². The Morgan fingerprint density at radius 3 is 2.70 bits per heavy atom. The lowest BCUT2D eigenvalue weighted by molar-refractivity contribution is 0.0398. The van der Waals surface area contributed by atoms with Crippen LogP contribution in [-0.2, 0) is 11.8 Å². The number of nitrogens with one attached hydrogen (secondary N) is 2. The van der Waals surface area contributed by atoms with Crippen molar-refractivity contribution in [3.8, 4) is 0 Å². The fourth-order valence-corrected chi connectivity index (χ4v) is 3.14.